The summed E-state index contributed by atoms with van der Waals surface area (Å²) in [6.07, 6.45) is 4.07. The summed E-state index contributed by atoms with van der Waals surface area (Å²) in [6.45, 7) is 3.95. The molecule has 2 rings (SSSR count). The summed E-state index contributed by atoms with van der Waals surface area (Å²) in [4.78, 5) is 17.2. The highest BCUT2D eigenvalue weighted by molar-refractivity contribution is 7.84. The molecule has 0 saturated heterocycles. The molecule has 7 heteroatoms. The first-order chi connectivity index (χ1) is 10.4. The molecule has 1 aromatic carbocycles. The molecule has 0 aliphatic rings. The van der Waals surface area contributed by atoms with Crippen LogP contribution in [0.5, 0.6) is 0 Å². The van der Waals surface area contributed by atoms with Gasteiger partial charge in [0.15, 0.2) is 0 Å². The van der Waals surface area contributed by atoms with E-state index >= 15 is 0 Å². The van der Waals surface area contributed by atoms with E-state index in [1.807, 2.05) is 19.2 Å². The van der Waals surface area contributed by atoms with Crippen molar-refractivity contribution in [2.75, 3.05) is 11.6 Å². The summed E-state index contributed by atoms with van der Waals surface area (Å²) in [5, 5.41) is 8.51. The molecular formula is C15H19N3O2S2. The third-order valence-corrected chi connectivity index (χ3v) is 5.38. The van der Waals surface area contributed by atoms with Crippen molar-refractivity contribution in [2.45, 2.75) is 30.7 Å². The molecule has 0 unspecified atom stereocenters. The number of thiazole rings is 1. The van der Waals surface area contributed by atoms with Gasteiger partial charge in [-0.2, -0.15) is 0 Å². The zero-order valence-electron chi connectivity index (χ0n) is 12.8. The van der Waals surface area contributed by atoms with Crippen LogP contribution in [0.25, 0.3) is 0 Å². The number of anilines is 1. The fourth-order valence-corrected chi connectivity index (χ4v) is 3.35. The van der Waals surface area contributed by atoms with E-state index < -0.39 is 16.3 Å². The van der Waals surface area contributed by atoms with Gasteiger partial charge in [0.25, 0.3) is 0 Å². The molecule has 0 aliphatic carbocycles. The van der Waals surface area contributed by atoms with Crippen molar-refractivity contribution in [1.82, 2.24) is 10.3 Å². The number of benzene rings is 1. The number of nitrogens with one attached hydrogen (secondary N) is 2. The summed E-state index contributed by atoms with van der Waals surface area (Å²) in [6, 6.07) is 6.71. The molecule has 1 aromatic heterocycles. The van der Waals surface area contributed by atoms with Crippen LogP contribution in [-0.2, 0) is 16.3 Å². The predicted octanol–water partition coefficient (Wildman–Crippen LogP) is 3.33. The van der Waals surface area contributed by atoms with Crippen LogP contribution in [-0.4, -0.2) is 21.5 Å². The number of carbonyl (C=O) groups excluding carboxylic acids is 1. The summed E-state index contributed by atoms with van der Waals surface area (Å²) < 4.78 is 11.5. The van der Waals surface area contributed by atoms with Crippen LogP contribution in [0.2, 0.25) is 0 Å². The van der Waals surface area contributed by atoms with Gasteiger partial charge in [0.2, 0.25) is 0 Å². The number of hydrogen-bond acceptors (Lipinski definition) is 4. The van der Waals surface area contributed by atoms with E-state index in [0.717, 1.165) is 11.4 Å². The zero-order chi connectivity index (χ0) is 16.2. The largest absolute Gasteiger partial charge is 0.326 e. The lowest BCUT2D eigenvalue weighted by Crippen LogP contribution is -2.45. The Labute approximate surface area is 136 Å². The Kier molecular flexibility index (Phi) is 5.31. The van der Waals surface area contributed by atoms with Gasteiger partial charge < -0.3 is 10.6 Å². The zero-order valence-corrected chi connectivity index (χ0v) is 14.4. The van der Waals surface area contributed by atoms with Crippen molar-refractivity contribution >= 4 is 33.9 Å². The Morgan fingerprint density at radius 3 is 2.82 bits per heavy atom. The van der Waals surface area contributed by atoms with E-state index in [9.17, 15) is 9.00 Å². The van der Waals surface area contributed by atoms with Crippen LogP contribution in [0.3, 0.4) is 0 Å². The molecule has 1 heterocycles. The lowest BCUT2D eigenvalue weighted by molar-refractivity contribution is 0.238. The van der Waals surface area contributed by atoms with Gasteiger partial charge in [-0.05, 0) is 31.5 Å². The van der Waals surface area contributed by atoms with E-state index in [4.69, 9.17) is 0 Å². The molecule has 0 spiro atoms. The Morgan fingerprint density at radius 2 is 2.23 bits per heavy atom. The number of amides is 2. The summed E-state index contributed by atoms with van der Waals surface area (Å²) >= 11 is 1.52. The predicted molar refractivity (Wildman–Crippen MR) is 90.7 cm³/mol. The molecule has 22 heavy (non-hydrogen) atoms. The van der Waals surface area contributed by atoms with Crippen molar-refractivity contribution in [2.24, 2.45) is 0 Å². The van der Waals surface area contributed by atoms with Gasteiger partial charge in [0, 0.05) is 39.2 Å². The Balaban J connectivity index is 2.09. The van der Waals surface area contributed by atoms with Gasteiger partial charge in [-0.1, -0.05) is 13.0 Å². The molecule has 0 aliphatic heterocycles. The van der Waals surface area contributed by atoms with E-state index in [2.05, 4.69) is 15.6 Å². The van der Waals surface area contributed by atoms with E-state index in [0.29, 0.717) is 10.6 Å². The third-order valence-electron chi connectivity index (χ3n) is 3.42. The van der Waals surface area contributed by atoms with Gasteiger partial charge in [0.05, 0.1) is 5.54 Å². The number of rotatable bonds is 5. The molecule has 0 fully saturated rings. The van der Waals surface area contributed by atoms with Crippen LogP contribution in [0, 0.1) is 0 Å². The van der Waals surface area contributed by atoms with Crippen molar-refractivity contribution in [3.63, 3.8) is 0 Å². The maximum Gasteiger partial charge on any atom is 0.320 e. The average molecular weight is 337 g/mol. The molecule has 5 nitrogen and oxygen atoms in total. The number of urea groups is 1. The number of nitrogens with zero attached hydrogens (tertiary/aromatic N) is 1. The normalized spacial score (nSPS) is 14.9. The van der Waals surface area contributed by atoms with Crippen LogP contribution < -0.4 is 10.6 Å². The highest BCUT2D eigenvalue weighted by atomic mass is 32.2. The maximum absolute atomic E-state index is 12.2. The second kappa shape index (κ2) is 7.02. The topological polar surface area (TPSA) is 71.1 Å². The van der Waals surface area contributed by atoms with Crippen LogP contribution in [0.15, 0.2) is 40.7 Å². The number of carbonyl (C=O) groups is 1. The lowest BCUT2D eigenvalue weighted by atomic mass is 10.0. The van der Waals surface area contributed by atoms with Crippen LogP contribution >= 0.6 is 11.3 Å². The van der Waals surface area contributed by atoms with E-state index in [-0.39, 0.29) is 6.03 Å². The fourth-order valence-electron chi connectivity index (χ4n) is 1.95. The van der Waals surface area contributed by atoms with Gasteiger partial charge in [-0.15, -0.1) is 11.3 Å². The molecule has 2 amide bonds. The quantitative estimate of drug-likeness (QED) is 0.879. The van der Waals surface area contributed by atoms with Crippen molar-refractivity contribution in [3.05, 3.63) is 40.8 Å². The summed E-state index contributed by atoms with van der Waals surface area (Å²) in [5.41, 5.74) is 0.103. The van der Waals surface area contributed by atoms with E-state index in [1.54, 1.807) is 36.7 Å². The summed E-state index contributed by atoms with van der Waals surface area (Å²) in [5.74, 6) is 0. The van der Waals surface area contributed by atoms with E-state index in [1.165, 1.54) is 11.3 Å². The van der Waals surface area contributed by atoms with Gasteiger partial charge in [0.1, 0.15) is 5.01 Å². The molecular weight excluding hydrogens is 318 g/mol. The van der Waals surface area contributed by atoms with Gasteiger partial charge >= 0.3 is 6.03 Å². The van der Waals surface area contributed by atoms with Gasteiger partial charge in [-0.25, -0.2) is 9.78 Å². The lowest BCUT2D eigenvalue weighted by Gasteiger charge is -2.27. The maximum atomic E-state index is 12.2. The number of hydrogen-bond donors (Lipinski definition) is 2. The first-order valence-electron chi connectivity index (χ1n) is 6.87. The molecule has 0 bridgehead atoms. The Bertz CT molecular complexity index is 673. The Hall–Kier alpha value is -1.73. The standard InChI is InChI=1S/C15H19N3O2S2/c1-4-15(2,13-16-8-9-21-13)18-14(19)17-11-6-5-7-12(10-11)22(3)20/h5-10H,4H2,1-3H3,(H2,17,18,19)/t15-,22-/m0/s1. The fraction of sp³-hybridized carbons (Fsp3) is 0.333. The average Bonchev–Trinajstić information content (AvgIpc) is 3.02. The minimum atomic E-state index is -1.08. The minimum Gasteiger partial charge on any atom is -0.326 e. The molecule has 2 atom stereocenters. The highest BCUT2D eigenvalue weighted by Crippen LogP contribution is 2.26. The Morgan fingerprint density at radius 1 is 1.45 bits per heavy atom. The SMILES string of the molecule is CC[C@](C)(NC(=O)Nc1cccc([S@](C)=O)c1)c1nccs1. The summed E-state index contributed by atoms with van der Waals surface area (Å²) in [7, 11) is -1.08. The highest BCUT2D eigenvalue weighted by Gasteiger charge is 2.29. The molecule has 0 radical (unpaired) electrons. The monoisotopic (exact) mass is 337 g/mol. The first-order valence-corrected chi connectivity index (χ1v) is 9.31. The van der Waals surface area contributed by atoms with Gasteiger partial charge in [-0.3, -0.25) is 4.21 Å². The second-order valence-electron chi connectivity index (χ2n) is 5.08. The van der Waals surface area contributed by atoms with Crippen LogP contribution in [0.1, 0.15) is 25.3 Å². The number of aromatic nitrogens is 1. The minimum absolute atomic E-state index is 0.307. The first kappa shape index (κ1) is 16.6. The molecule has 2 aromatic rings. The van der Waals surface area contributed by atoms with Crippen molar-refractivity contribution < 1.29 is 9.00 Å². The van der Waals surface area contributed by atoms with Crippen molar-refractivity contribution in [3.8, 4) is 0 Å². The third kappa shape index (κ3) is 3.92. The molecule has 0 saturated carbocycles. The van der Waals surface area contributed by atoms with Crippen molar-refractivity contribution in [1.29, 1.82) is 0 Å². The molecule has 2 N–H and O–H groups in total. The second-order valence-corrected chi connectivity index (χ2v) is 7.36. The smallest absolute Gasteiger partial charge is 0.320 e. The molecule has 118 valence electrons. The van der Waals surface area contributed by atoms with Crippen LogP contribution in [0.4, 0.5) is 10.5 Å².